The van der Waals surface area contributed by atoms with Crippen molar-refractivity contribution in [3.63, 3.8) is 0 Å². The number of carboxylic acids is 1. The zero-order valence-corrected chi connectivity index (χ0v) is 11.2. The molecule has 0 fully saturated rings. The van der Waals surface area contributed by atoms with Gasteiger partial charge in [-0.25, -0.2) is 0 Å². The van der Waals surface area contributed by atoms with Crippen molar-refractivity contribution in [2.45, 2.75) is 20.3 Å². The average molecular weight is 287 g/mol. The van der Waals surface area contributed by atoms with Crippen LogP contribution in [0.3, 0.4) is 0 Å². The molecule has 0 aromatic heterocycles. The van der Waals surface area contributed by atoms with E-state index >= 15 is 0 Å². The lowest BCUT2D eigenvalue weighted by Gasteiger charge is -2.12. The molecule has 0 heterocycles. The molecule has 1 atom stereocenters. The minimum atomic E-state index is -0.785. The zero-order chi connectivity index (χ0) is 12.3. The Labute approximate surface area is 104 Å². The van der Waals surface area contributed by atoms with E-state index in [-0.39, 0.29) is 0 Å². The second-order valence-corrected chi connectivity index (χ2v) is 4.65. The van der Waals surface area contributed by atoms with Gasteiger partial charge in [-0.2, -0.15) is 0 Å². The van der Waals surface area contributed by atoms with Gasteiger partial charge in [0.2, 0.25) is 0 Å². The van der Waals surface area contributed by atoms with Crippen LogP contribution in [0.1, 0.15) is 18.1 Å². The first-order chi connectivity index (χ1) is 7.45. The zero-order valence-electron chi connectivity index (χ0n) is 9.58. The third-order valence-corrected chi connectivity index (χ3v) is 3.62. The van der Waals surface area contributed by atoms with Gasteiger partial charge in [-0.3, -0.25) is 4.79 Å². The van der Waals surface area contributed by atoms with Crippen molar-refractivity contribution in [1.29, 1.82) is 0 Å². The maximum atomic E-state index is 10.8. The second kappa shape index (κ2) is 5.34. The summed E-state index contributed by atoms with van der Waals surface area (Å²) in [6.45, 7) is 3.66. The molecule has 0 radical (unpaired) electrons. The molecule has 16 heavy (non-hydrogen) atoms. The monoisotopic (exact) mass is 286 g/mol. The first-order valence-electron chi connectivity index (χ1n) is 5.01. The molecule has 88 valence electrons. The summed E-state index contributed by atoms with van der Waals surface area (Å²) in [6, 6.07) is 3.79. The van der Waals surface area contributed by atoms with Crippen LogP contribution >= 0.6 is 15.9 Å². The van der Waals surface area contributed by atoms with Crippen LogP contribution < -0.4 is 4.74 Å². The third-order valence-electron chi connectivity index (χ3n) is 2.49. The summed E-state index contributed by atoms with van der Waals surface area (Å²) in [6.07, 6.45) is 0.494. The van der Waals surface area contributed by atoms with Crippen molar-refractivity contribution >= 4 is 21.9 Å². The predicted octanol–water partition coefficient (Wildman–Crippen LogP) is 3.03. The van der Waals surface area contributed by atoms with Gasteiger partial charge in [0.05, 0.1) is 13.0 Å². The Morgan fingerprint density at radius 2 is 2.19 bits per heavy atom. The van der Waals surface area contributed by atoms with Gasteiger partial charge in [-0.05, 0) is 36.6 Å². The molecular weight excluding hydrogens is 272 g/mol. The van der Waals surface area contributed by atoms with E-state index in [0.717, 1.165) is 21.3 Å². The second-order valence-electron chi connectivity index (χ2n) is 3.86. The van der Waals surface area contributed by atoms with Gasteiger partial charge in [0.1, 0.15) is 5.75 Å². The number of hydrogen-bond donors (Lipinski definition) is 1. The Morgan fingerprint density at radius 1 is 1.56 bits per heavy atom. The number of carboxylic acid groups (broad SMARTS) is 1. The summed E-state index contributed by atoms with van der Waals surface area (Å²) in [4.78, 5) is 10.8. The van der Waals surface area contributed by atoms with Crippen LogP contribution in [0.4, 0.5) is 0 Å². The fourth-order valence-electron chi connectivity index (χ4n) is 1.49. The number of benzene rings is 1. The van der Waals surface area contributed by atoms with Crippen molar-refractivity contribution in [2.24, 2.45) is 5.92 Å². The fourth-order valence-corrected chi connectivity index (χ4v) is 1.88. The van der Waals surface area contributed by atoms with Gasteiger partial charge >= 0.3 is 5.97 Å². The van der Waals surface area contributed by atoms with Crippen molar-refractivity contribution in [3.8, 4) is 5.75 Å². The number of methoxy groups -OCH3 is 1. The summed E-state index contributed by atoms with van der Waals surface area (Å²) in [7, 11) is 1.60. The predicted molar refractivity (Wildman–Crippen MR) is 65.9 cm³/mol. The molecular formula is C12H15BrO3. The van der Waals surface area contributed by atoms with Crippen LogP contribution in [-0.2, 0) is 11.2 Å². The van der Waals surface area contributed by atoms with Crippen molar-refractivity contribution in [2.75, 3.05) is 7.11 Å². The number of halogens is 1. The van der Waals surface area contributed by atoms with Crippen LogP contribution in [0, 0.1) is 12.8 Å². The Morgan fingerprint density at radius 3 is 2.69 bits per heavy atom. The topological polar surface area (TPSA) is 46.5 Å². The molecule has 4 heteroatoms. The van der Waals surface area contributed by atoms with Gasteiger partial charge in [-0.15, -0.1) is 0 Å². The molecule has 0 saturated heterocycles. The van der Waals surface area contributed by atoms with E-state index in [1.54, 1.807) is 14.0 Å². The Bertz CT molecular complexity index is 401. The SMILES string of the molecule is COc1cc(C)c(Br)c(CC(C)C(=O)O)c1. The van der Waals surface area contributed by atoms with E-state index in [9.17, 15) is 4.79 Å². The number of aryl methyl sites for hydroxylation is 1. The summed E-state index contributed by atoms with van der Waals surface area (Å²) < 4.78 is 6.12. The normalized spacial score (nSPS) is 12.2. The van der Waals surface area contributed by atoms with E-state index in [1.807, 2.05) is 19.1 Å². The van der Waals surface area contributed by atoms with Crippen molar-refractivity contribution in [1.82, 2.24) is 0 Å². The maximum Gasteiger partial charge on any atom is 0.306 e. The quantitative estimate of drug-likeness (QED) is 0.926. The molecule has 1 unspecified atom stereocenters. The van der Waals surface area contributed by atoms with Gasteiger partial charge < -0.3 is 9.84 Å². The number of hydrogen-bond acceptors (Lipinski definition) is 2. The van der Waals surface area contributed by atoms with Crippen LogP contribution in [0.2, 0.25) is 0 Å². The lowest BCUT2D eigenvalue weighted by atomic mass is 9.99. The Balaban J connectivity index is 3.03. The molecule has 1 aromatic carbocycles. The summed E-state index contributed by atoms with van der Waals surface area (Å²) in [5.41, 5.74) is 2.01. The summed E-state index contributed by atoms with van der Waals surface area (Å²) in [5.74, 6) is -0.427. The Hall–Kier alpha value is -1.03. The van der Waals surface area contributed by atoms with E-state index in [1.165, 1.54) is 0 Å². The summed E-state index contributed by atoms with van der Waals surface area (Å²) in [5, 5.41) is 8.88. The highest BCUT2D eigenvalue weighted by molar-refractivity contribution is 9.10. The first-order valence-corrected chi connectivity index (χ1v) is 5.80. The average Bonchev–Trinajstić information content (AvgIpc) is 2.24. The molecule has 1 rings (SSSR count). The van der Waals surface area contributed by atoms with Gasteiger partial charge in [-0.1, -0.05) is 22.9 Å². The van der Waals surface area contributed by atoms with E-state index in [2.05, 4.69) is 15.9 Å². The lowest BCUT2D eigenvalue weighted by Crippen LogP contribution is -2.12. The number of aliphatic carboxylic acids is 1. The number of carbonyl (C=O) groups is 1. The minimum absolute atomic E-state index is 0.400. The lowest BCUT2D eigenvalue weighted by molar-refractivity contribution is -0.141. The molecule has 1 N–H and O–H groups in total. The smallest absolute Gasteiger partial charge is 0.306 e. The molecule has 1 aromatic rings. The minimum Gasteiger partial charge on any atom is -0.497 e. The van der Waals surface area contributed by atoms with E-state index in [4.69, 9.17) is 9.84 Å². The highest BCUT2D eigenvalue weighted by Gasteiger charge is 2.15. The number of ether oxygens (including phenoxy) is 1. The van der Waals surface area contributed by atoms with E-state index in [0.29, 0.717) is 6.42 Å². The molecule has 3 nitrogen and oxygen atoms in total. The molecule has 0 aliphatic heterocycles. The van der Waals surface area contributed by atoms with Crippen molar-refractivity contribution < 1.29 is 14.6 Å². The fraction of sp³-hybridized carbons (Fsp3) is 0.417. The highest BCUT2D eigenvalue weighted by Crippen LogP contribution is 2.28. The van der Waals surface area contributed by atoms with Crippen LogP contribution in [0.5, 0.6) is 5.75 Å². The molecule has 0 amide bonds. The molecule has 0 bridgehead atoms. The Kier molecular flexibility index (Phi) is 4.35. The van der Waals surface area contributed by atoms with Gasteiger partial charge in [0, 0.05) is 4.47 Å². The standard InChI is InChI=1S/C12H15BrO3/c1-7-5-10(16-3)6-9(11(7)13)4-8(2)12(14)15/h5-6,8H,4H2,1-3H3,(H,14,15). The van der Waals surface area contributed by atoms with Crippen LogP contribution in [0.15, 0.2) is 16.6 Å². The maximum absolute atomic E-state index is 10.8. The molecule has 0 aliphatic carbocycles. The van der Waals surface area contributed by atoms with Gasteiger partial charge in [0.15, 0.2) is 0 Å². The molecule has 0 saturated carbocycles. The number of rotatable bonds is 4. The largest absolute Gasteiger partial charge is 0.497 e. The van der Waals surface area contributed by atoms with Crippen LogP contribution in [0.25, 0.3) is 0 Å². The molecule has 0 spiro atoms. The first kappa shape index (κ1) is 13.0. The van der Waals surface area contributed by atoms with E-state index < -0.39 is 11.9 Å². The summed E-state index contributed by atoms with van der Waals surface area (Å²) >= 11 is 3.47. The third kappa shape index (κ3) is 2.98. The van der Waals surface area contributed by atoms with Gasteiger partial charge in [0.25, 0.3) is 0 Å². The van der Waals surface area contributed by atoms with Crippen LogP contribution in [-0.4, -0.2) is 18.2 Å². The molecule has 0 aliphatic rings. The highest BCUT2D eigenvalue weighted by atomic mass is 79.9. The van der Waals surface area contributed by atoms with Crippen molar-refractivity contribution in [3.05, 3.63) is 27.7 Å².